The van der Waals surface area contributed by atoms with Crippen LogP contribution in [-0.4, -0.2) is 46.8 Å². The van der Waals surface area contributed by atoms with E-state index in [0.29, 0.717) is 24.2 Å². The summed E-state index contributed by atoms with van der Waals surface area (Å²) in [6.45, 7) is 6.68. The van der Waals surface area contributed by atoms with Gasteiger partial charge >= 0.3 is 230 Å². The van der Waals surface area contributed by atoms with E-state index >= 15 is 0 Å². The Hall–Kier alpha value is -3.28. The molecule has 1 aliphatic heterocycles. The normalized spacial score (nSPS) is 13.9. The zero-order valence-electron chi connectivity index (χ0n) is 22.3. The molecule has 4 aromatic rings. The van der Waals surface area contributed by atoms with Crippen molar-refractivity contribution in [1.82, 2.24) is 24.8 Å². The Kier molecular flexibility index (Phi) is 8.35. The van der Waals surface area contributed by atoms with Gasteiger partial charge in [0.15, 0.2) is 0 Å². The van der Waals surface area contributed by atoms with Crippen LogP contribution in [0.15, 0.2) is 77.7 Å². The summed E-state index contributed by atoms with van der Waals surface area (Å²) >= 11 is -1.45. The number of nitrogens with zero attached hydrogens (tertiary/aromatic N) is 5. The molecule has 7 nitrogen and oxygen atoms in total. The molecule has 0 bridgehead atoms. The summed E-state index contributed by atoms with van der Waals surface area (Å²) in [6, 6.07) is 22.8. The fourth-order valence-electron chi connectivity index (χ4n) is 4.66. The Morgan fingerprint density at radius 3 is 2.61 bits per heavy atom. The van der Waals surface area contributed by atoms with Crippen LogP contribution < -0.4 is 20.4 Å². The van der Waals surface area contributed by atoms with E-state index in [-0.39, 0.29) is 5.56 Å². The summed E-state index contributed by atoms with van der Waals surface area (Å²) in [5.74, 6) is 1.48. The third-order valence-corrected chi connectivity index (χ3v) is 10.5. The van der Waals surface area contributed by atoms with E-state index in [4.69, 9.17) is 9.97 Å². The number of anilines is 2. The average Bonchev–Trinajstić information content (AvgIpc) is 2.95. The van der Waals surface area contributed by atoms with Gasteiger partial charge < -0.3 is 0 Å². The number of aryl methyl sites for hydroxylation is 1. The van der Waals surface area contributed by atoms with E-state index in [1.165, 1.54) is 11.1 Å². The van der Waals surface area contributed by atoms with Crippen LogP contribution in [-0.2, 0) is 19.5 Å². The van der Waals surface area contributed by atoms with Gasteiger partial charge in [-0.05, 0) is 0 Å². The first-order valence-electron chi connectivity index (χ1n) is 13.3. The summed E-state index contributed by atoms with van der Waals surface area (Å²) in [4.78, 5) is 29.7. The van der Waals surface area contributed by atoms with E-state index in [9.17, 15) is 4.79 Å². The standard InChI is InChI=1S/C30H35AsN6O/c1-22(2)33-21-24-10-7-9-23(19-24)13-15-31(3)29-32-16-14-27(35-29)36-17-8-18-37-28(38)20-26(34-30(36)37)25-11-5-4-6-12-25/h4-7,9-12,14,16,19-20,22,33H,8,13,15,17-18,21H2,1-3H3. The van der Waals surface area contributed by atoms with E-state index in [1.807, 2.05) is 42.6 Å². The molecule has 0 fully saturated rings. The Morgan fingerprint density at radius 2 is 1.79 bits per heavy atom. The minimum atomic E-state index is -1.45. The van der Waals surface area contributed by atoms with Gasteiger partial charge in [0.25, 0.3) is 0 Å². The van der Waals surface area contributed by atoms with Crippen LogP contribution in [0.4, 0.5) is 11.8 Å². The van der Waals surface area contributed by atoms with Crippen molar-refractivity contribution < 1.29 is 0 Å². The Bertz CT molecular complexity index is 1440. The third kappa shape index (κ3) is 6.22. The molecule has 3 heterocycles. The summed E-state index contributed by atoms with van der Waals surface area (Å²) in [7, 11) is 0. The summed E-state index contributed by atoms with van der Waals surface area (Å²) in [5.41, 5.74) is 6.63. The second kappa shape index (κ2) is 12.1. The molecule has 1 N–H and O–H groups in total. The summed E-state index contributed by atoms with van der Waals surface area (Å²) in [5, 5.41) is 4.60. The van der Waals surface area contributed by atoms with Crippen molar-refractivity contribution >= 4 is 31.0 Å². The Balaban J connectivity index is 1.34. The number of aromatic nitrogens is 4. The number of benzene rings is 2. The average molecular weight is 571 g/mol. The molecular formula is C30H35AsN6O. The fraction of sp³-hybridized carbons (Fsp3) is 0.333. The molecule has 1 aliphatic rings. The van der Waals surface area contributed by atoms with Crippen LogP contribution in [0.1, 0.15) is 31.4 Å². The van der Waals surface area contributed by atoms with Crippen molar-refractivity contribution in [2.75, 3.05) is 11.4 Å². The molecule has 1 atom stereocenters. The summed E-state index contributed by atoms with van der Waals surface area (Å²) in [6.07, 6.45) is 3.76. The van der Waals surface area contributed by atoms with Crippen molar-refractivity contribution in [3.05, 3.63) is 94.4 Å². The van der Waals surface area contributed by atoms with Gasteiger partial charge in [0, 0.05) is 0 Å². The van der Waals surface area contributed by atoms with Crippen LogP contribution in [0.25, 0.3) is 11.3 Å². The second-order valence-electron chi connectivity index (χ2n) is 10.0. The van der Waals surface area contributed by atoms with Gasteiger partial charge in [0.1, 0.15) is 0 Å². The summed E-state index contributed by atoms with van der Waals surface area (Å²) < 4.78 is 2.73. The number of fused-ring (bicyclic) bond motifs is 1. The Morgan fingerprint density at radius 1 is 0.974 bits per heavy atom. The molecule has 0 radical (unpaired) electrons. The topological polar surface area (TPSA) is 75.9 Å². The molecular weight excluding hydrogens is 535 g/mol. The zero-order chi connectivity index (χ0) is 26.5. The molecule has 2 aromatic heterocycles. The molecule has 38 heavy (non-hydrogen) atoms. The van der Waals surface area contributed by atoms with Crippen LogP contribution in [0.5, 0.6) is 0 Å². The maximum atomic E-state index is 13.0. The first-order chi connectivity index (χ1) is 18.5. The zero-order valence-corrected chi connectivity index (χ0v) is 24.2. The monoisotopic (exact) mass is 570 g/mol. The molecule has 1 unspecified atom stereocenters. The predicted molar refractivity (Wildman–Crippen MR) is 156 cm³/mol. The number of rotatable bonds is 9. The third-order valence-electron chi connectivity index (χ3n) is 6.75. The number of hydrogen-bond donors (Lipinski definition) is 1. The minimum absolute atomic E-state index is 0.0260. The van der Waals surface area contributed by atoms with Crippen molar-refractivity contribution in [2.24, 2.45) is 0 Å². The van der Waals surface area contributed by atoms with Crippen LogP contribution in [0.3, 0.4) is 0 Å². The van der Waals surface area contributed by atoms with Gasteiger partial charge in [-0.15, -0.1) is 0 Å². The van der Waals surface area contributed by atoms with Crippen molar-refractivity contribution in [2.45, 2.75) is 56.7 Å². The number of nitrogens with one attached hydrogen (secondary N) is 1. The van der Waals surface area contributed by atoms with Gasteiger partial charge in [-0.3, -0.25) is 0 Å². The fourth-order valence-corrected chi connectivity index (χ4v) is 7.45. The molecule has 2 aromatic carbocycles. The predicted octanol–water partition coefficient (Wildman–Crippen LogP) is 4.31. The number of hydrogen-bond acceptors (Lipinski definition) is 6. The molecule has 0 amide bonds. The van der Waals surface area contributed by atoms with Crippen LogP contribution >= 0.6 is 0 Å². The molecule has 8 heteroatoms. The van der Waals surface area contributed by atoms with Crippen LogP contribution in [0.2, 0.25) is 10.9 Å². The van der Waals surface area contributed by atoms with E-state index in [1.54, 1.807) is 10.6 Å². The maximum absolute atomic E-state index is 13.0. The molecule has 0 aliphatic carbocycles. The van der Waals surface area contributed by atoms with Gasteiger partial charge in [0.05, 0.1) is 0 Å². The molecule has 196 valence electrons. The van der Waals surface area contributed by atoms with Crippen molar-refractivity contribution in [1.29, 1.82) is 0 Å². The second-order valence-corrected chi connectivity index (χ2v) is 14.8. The quantitative estimate of drug-likeness (QED) is 0.303. The molecule has 0 spiro atoms. The Labute approximate surface area is 229 Å². The van der Waals surface area contributed by atoms with E-state index < -0.39 is 14.7 Å². The van der Waals surface area contributed by atoms with Crippen molar-refractivity contribution in [3.63, 3.8) is 0 Å². The molecule has 0 saturated heterocycles. The van der Waals surface area contributed by atoms with E-state index in [0.717, 1.165) is 47.1 Å². The molecule has 0 saturated carbocycles. The van der Waals surface area contributed by atoms with Gasteiger partial charge in [-0.25, -0.2) is 0 Å². The van der Waals surface area contributed by atoms with Gasteiger partial charge in [-0.2, -0.15) is 0 Å². The van der Waals surface area contributed by atoms with Gasteiger partial charge in [-0.1, -0.05) is 0 Å². The van der Waals surface area contributed by atoms with Gasteiger partial charge in [0.2, 0.25) is 0 Å². The first kappa shape index (κ1) is 26.3. The first-order valence-corrected chi connectivity index (χ1v) is 17.4. The van der Waals surface area contributed by atoms with E-state index in [2.05, 4.69) is 59.0 Å². The molecule has 5 rings (SSSR count). The van der Waals surface area contributed by atoms with Crippen LogP contribution in [0, 0.1) is 0 Å². The van der Waals surface area contributed by atoms with Crippen molar-refractivity contribution in [3.8, 4) is 11.3 Å². The SMILES string of the molecule is CC(C)NCc1cccc(CC[As](C)c2nccc(N3CCCn4c3nc(-c3ccccc3)cc4=O)n2)c1.